The Hall–Kier alpha value is -2.32. The van der Waals surface area contributed by atoms with Crippen molar-refractivity contribution in [2.45, 2.75) is 25.0 Å². The van der Waals surface area contributed by atoms with Crippen molar-refractivity contribution in [3.63, 3.8) is 0 Å². The van der Waals surface area contributed by atoms with Crippen LogP contribution in [-0.4, -0.2) is 37.4 Å². The van der Waals surface area contributed by atoms with E-state index >= 15 is 0 Å². The van der Waals surface area contributed by atoms with Crippen molar-refractivity contribution in [3.05, 3.63) is 39.6 Å². The van der Waals surface area contributed by atoms with E-state index in [4.69, 9.17) is 10.2 Å². The van der Waals surface area contributed by atoms with Gasteiger partial charge in [-0.05, 0) is 18.9 Å². The number of hydrogen-bond donors (Lipinski definition) is 3. The summed E-state index contributed by atoms with van der Waals surface area (Å²) < 4.78 is 15.5. The molecule has 7 nitrogen and oxygen atoms in total. The Morgan fingerprint density at radius 2 is 2.18 bits per heavy atom. The fraction of sp³-hybridized carbons (Fsp3) is 0.357. The van der Waals surface area contributed by atoms with E-state index in [2.05, 4.69) is 4.98 Å². The fourth-order valence-electron chi connectivity index (χ4n) is 2.36. The summed E-state index contributed by atoms with van der Waals surface area (Å²) in [6, 6.07) is 0.864. The molecule has 2 heterocycles. The Balaban J connectivity index is 2.36. The number of aliphatic hydroxyl groups is 2. The van der Waals surface area contributed by atoms with E-state index in [0.717, 1.165) is 18.9 Å². The average Bonchev–Trinajstić information content (AvgIpc) is 3.31. The standard InChI is InChI=1S/C14H13FN2O5/c15-9-3-7-12(20)8(14(21)22)4-17(6-1-2-6)13(7)16-11(9)10(19)5-18/h3-4,6,10,18-19H,1-2,5H2,(H,21,22). The van der Waals surface area contributed by atoms with E-state index in [1.807, 2.05) is 0 Å². The van der Waals surface area contributed by atoms with Gasteiger partial charge in [0.2, 0.25) is 5.43 Å². The number of hydrogen-bond acceptors (Lipinski definition) is 5. The molecule has 3 rings (SSSR count). The lowest BCUT2D eigenvalue weighted by molar-refractivity contribution is 0.0694. The molecule has 2 aromatic heterocycles. The summed E-state index contributed by atoms with van der Waals surface area (Å²) in [5, 5.41) is 27.5. The van der Waals surface area contributed by atoms with Gasteiger partial charge in [0.1, 0.15) is 28.8 Å². The van der Waals surface area contributed by atoms with Crippen molar-refractivity contribution in [1.29, 1.82) is 0 Å². The molecule has 1 saturated carbocycles. The van der Waals surface area contributed by atoms with Crippen molar-refractivity contribution in [1.82, 2.24) is 9.55 Å². The number of carbonyl (C=O) groups is 1. The van der Waals surface area contributed by atoms with Gasteiger partial charge in [-0.25, -0.2) is 14.2 Å². The Morgan fingerprint density at radius 1 is 1.50 bits per heavy atom. The SMILES string of the molecule is O=C(O)c1cn(C2CC2)c2nc(C(O)CO)c(F)cc2c1=O. The number of fused-ring (bicyclic) bond motifs is 1. The highest BCUT2D eigenvalue weighted by Gasteiger charge is 2.28. The Morgan fingerprint density at radius 3 is 2.73 bits per heavy atom. The van der Waals surface area contributed by atoms with Gasteiger partial charge < -0.3 is 19.9 Å². The summed E-state index contributed by atoms with van der Waals surface area (Å²) in [5.41, 5.74) is -1.53. The van der Waals surface area contributed by atoms with Crippen molar-refractivity contribution >= 4 is 17.0 Å². The highest BCUT2D eigenvalue weighted by Crippen LogP contribution is 2.36. The Labute approximate surface area is 123 Å². The zero-order valence-electron chi connectivity index (χ0n) is 11.4. The van der Waals surface area contributed by atoms with Crippen LogP contribution in [0.1, 0.15) is 41.0 Å². The molecule has 0 bridgehead atoms. The third-order valence-electron chi connectivity index (χ3n) is 3.64. The lowest BCUT2D eigenvalue weighted by Crippen LogP contribution is -2.21. The van der Waals surface area contributed by atoms with Crippen LogP contribution in [0.5, 0.6) is 0 Å². The first-order valence-corrected chi connectivity index (χ1v) is 6.71. The topological polar surface area (TPSA) is 113 Å². The molecule has 0 radical (unpaired) electrons. The van der Waals surface area contributed by atoms with Gasteiger partial charge in [-0.1, -0.05) is 0 Å². The molecule has 1 unspecified atom stereocenters. The van der Waals surface area contributed by atoms with Crippen LogP contribution >= 0.6 is 0 Å². The minimum atomic E-state index is -1.51. The maximum absolute atomic E-state index is 14.0. The first-order chi connectivity index (χ1) is 10.4. The van der Waals surface area contributed by atoms with E-state index in [1.54, 1.807) is 0 Å². The molecule has 116 valence electrons. The van der Waals surface area contributed by atoms with Crippen LogP contribution in [0.15, 0.2) is 17.1 Å². The summed E-state index contributed by atoms with van der Waals surface area (Å²) in [6.45, 7) is -0.712. The van der Waals surface area contributed by atoms with Crippen LogP contribution in [0, 0.1) is 5.82 Å². The van der Waals surface area contributed by atoms with Gasteiger partial charge in [-0.15, -0.1) is 0 Å². The molecule has 0 aliphatic heterocycles. The van der Waals surface area contributed by atoms with Crippen molar-refractivity contribution in [2.24, 2.45) is 0 Å². The van der Waals surface area contributed by atoms with E-state index < -0.39 is 35.5 Å². The Kier molecular flexibility index (Phi) is 3.42. The van der Waals surface area contributed by atoms with E-state index in [1.165, 1.54) is 10.8 Å². The fourth-order valence-corrected chi connectivity index (χ4v) is 2.36. The number of carboxylic acid groups (broad SMARTS) is 1. The lowest BCUT2D eigenvalue weighted by atomic mass is 10.1. The summed E-state index contributed by atoms with van der Waals surface area (Å²) in [5.74, 6) is -2.35. The number of rotatable bonds is 4. The third-order valence-corrected chi connectivity index (χ3v) is 3.64. The largest absolute Gasteiger partial charge is 0.477 e. The number of aromatic nitrogens is 2. The van der Waals surface area contributed by atoms with Crippen molar-refractivity contribution in [2.75, 3.05) is 6.61 Å². The number of pyridine rings is 2. The van der Waals surface area contributed by atoms with Gasteiger partial charge in [-0.3, -0.25) is 4.79 Å². The minimum Gasteiger partial charge on any atom is -0.477 e. The predicted molar refractivity (Wildman–Crippen MR) is 73.2 cm³/mol. The smallest absolute Gasteiger partial charge is 0.341 e. The van der Waals surface area contributed by atoms with Crippen LogP contribution in [0.4, 0.5) is 4.39 Å². The summed E-state index contributed by atoms with van der Waals surface area (Å²) >= 11 is 0. The second-order valence-electron chi connectivity index (χ2n) is 5.24. The van der Waals surface area contributed by atoms with Crippen molar-refractivity contribution < 1.29 is 24.5 Å². The maximum Gasteiger partial charge on any atom is 0.341 e. The summed E-state index contributed by atoms with van der Waals surface area (Å²) in [4.78, 5) is 27.3. The van der Waals surface area contributed by atoms with Crippen LogP contribution in [0.25, 0.3) is 11.0 Å². The molecule has 0 aromatic carbocycles. The first-order valence-electron chi connectivity index (χ1n) is 6.71. The average molecular weight is 308 g/mol. The normalized spacial score (nSPS) is 16.0. The molecule has 0 spiro atoms. The number of aromatic carboxylic acids is 1. The van der Waals surface area contributed by atoms with Gasteiger partial charge in [0.25, 0.3) is 0 Å². The zero-order chi connectivity index (χ0) is 16.0. The molecule has 8 heteroatoms. The molecule has 1 aliphatic rings. The van der Waals surface area contributed by atoms with Gasteiger partial charge >= 0.3 is 5.97 Å². The van der Waals surface area contributed by atoms with Crippen LogP contribution in [0.2, 0.25) is 0 Å². The molecule has 1 aliphatic carbocycles. The molecule has 2 aromatic rings. The van der Waals surface area contributed by atoms with E-state index in [-0.39, 0.29) is 22.8 Å². The Bertz CT molecular complexity index is 828. The zero-order valence-corrected chi connectivity index (χ0v) is 11.4. The molecular formula is C14H13FN2O5. The molecule has 1 fully saturated rings. The quantitative estimate of drug-likeness (QED) is 0.762. The monoisotopic (exact) mass is 308 g/mol. The van der Waals surface area contributed by atoms with Gasteiger partial charge in [0.15, 0.2) is 0 Å². The molecule has 3 N–H and O–H groups in total. The summed E-state index contributed by atoms with van der Waals surface area (Å²) in [6.07, 6.45) is 1.29. The van der Waals surface area contributed by atoms with Gasteiger partial charge in [0.05, 0.1) is 12.0 Å². The van der Waals surface area contributed by atoms with Crippen molar-refractivity contribution in [3.8, 4) is 0 Å². The number of carboxylic acids is 1. The molecular weight excluding hydrogens is 295 g/mol. The van der Waals surface area contributed by atoms with Crippen LogP contribution < -0.4 is 5.43 Å². The number of halogens is 1. The second kappa shape index (κ2) is 5.15. The second-order valence-corrected chi connectivity index (χ2v) is 5.24. The van der Waals surface area contributed by atoms with E-state index in [9.17, 15) is 19.1 Å². The molecule has 0 saturated heterocycles. The van der Waals surface area contributed by atoms with E-state index in [0.29, 0.717) is 0 Å². The molecule has 22 heavy (non-hydrogen) atoms. The highest BCUT2D eigenvalue weighted by atomic mass is 19.1. The van der Waals surface area contributed by atoms with Gasteiger partial charge in [0, 0.05) is 12.2 Å². The van der Waals surface area contributed by atoms with Crippen LogP contribution in [0.3, 0.4) is 0 Å². The summed E-state index contributed by atoms with van der Waals surface area (Å²) in [7, 11) is 0. The predicted octanol–water partition coefficient (Wildman–Crippen LogP) is 0.594. The number of nitrogens with zero attached hydrogens (tertiary/aromatic N) is 2. The number of aliphatic hydroxyl groups excluding tert-OH is 2. The van der Waals surface area contributed by atoms with Gasteiger partial charge in [-0.2, -0.15) is 0 Å². The molecule has 1 atom stereocenters. The van der Waals surface area contributed by atoms with Crippen LogP contribution in [-0.2, 0) is 0 Å². The third kappa shape index (κ3) is 2.26. The first kappa shape index (κ1) is 14.6. The molecule has 0 amide bonds. The lowest BCUT2D eigenvalue weighted by Gasteiger charge is -2.14. The highest BCUT2D eigenvalue weighted by molar-refractivity contribution is 5.91. The maximum atomic E-state index is 14.0. The minimum absolute atomic E-state index is 0.00159.